The van der Waals surface area contributed by atoms with Gasteiger partial charge < -0.3 is 29.7 Å². The highest BCUT2D eigenvalue weighted by Crippen LogP contribution is 2.21. The topological polar surface area (TPSA) is 94.3 Å². The number of carbonyl (C=O) groups excluding carboxylic acids is 2. The van der Waals surface area contributed by atoms with Crippen molar-refractivity contribution in [3.8, 4) is 5.75 Å². The van der Waals surface area contributed by atoms with E-state index >= 15 is 0 Å². The summed E-state index contributed by atoms with van der Waals surface area (Å²) in [5.41, 5.74) is 7.06. The van der Waals surface area contributed by atoms with E-state index in [1.807, 2.05) is 29.2 Å². The molecule has 0 spiro atoms. The predicted octanol–water partition coefficient (Wildman–Crippen LogP) is 1.87. The molecule has 1 aromatic carbocycles. The van der Waals surface area contributed by atoms with Gasteiger partial charge in [0.05, 0.1) is 19.8 Å². The molecular formula is C25H39N3O5. The fourth-order valence-electron chi connectivity index (χ4n) is 3.96. The molecule has 1 heterocycles. The third-order valence-electron chi connectivity index (χ3n) is 6.37. The zero-order chi connectivity index (χ0) is 24.4. The average Bonchev–Trinajstić information content (AvgIpc) is 2.86. The van der Waals surface area contributed by atoms with Crippen molar-refractivity contribution in [1.82, 2.24) is 9.80 Å². The Morgan fingerprint density at radius 2 is 1.88 bits per heavy atom. The first kappa shape index (κ1) is 26.8. The molecule has 0 unspecified atom stereocenters. The number of hydrogen-bond donors (Lipinski definition) is 1. The number of ether oxygens (including phenoxy) is 3. The lowest BCUT2D eigenvalue weighted by atomic mass is 9.96. The smallest absolute Gasteiger partial charge is 0.245 e. The summed E-state index contributed by atoms with van der Waals surface area (Å²) in [5.74, 6) is 0.778. The zero-order valence-corrected chi connectivity index (χ0v) is 20.4. The van der Waals surface area contributed by atoms with Gasteiger partial charge in [-0.2, -0.15) is 0 Å². The van der Waals surface area contributed by atoms with E-state index in [0.717, 1.165) is 24.2 Å². The molecule has 8 nitrogen and oxygen atoms in total. The molecule has 184 valence electrons. The first-order valence-corrected chi connectivity index (χ1v) is 11.5. The summed E-state index contributed by atoms with van der Waals surface area (Å²) < 4.78 is 16.0. The molecule has 3 atom stereocenters. The highest BCUT2D eigenvalue weighted by molar-refractivity contribution is 5.90. The number of piperidine rings is 1. The lowest BCUT2D eigenvalue weighted by Gasteiger charge is -2.37. The summed E-state index contributed by atoms with van der Waals surface area (Å²) in [5, 5.41) is 0. The van der Waals surface area contributed by atoms with Crippen LogP contribution in [-0.2, 0) is 25.5 Å². The van der Waals surface area contributed by atoms with E-state index in [2.05, 4.69) is 6.58 Å². The zero-order valence-electron chi connectivity index (χ0n) is 20.4. The minimum atomic E-state index is -0.848. The molecule has 1 aliphatic heterocycles. The number of likely N-dealkylation sites (tertiary alicyclic amines) is 1. The van der Waals surface area contributed by atoms with Crippen molar-refractivity contribution in [2.24, 2.45) is 11.7 Å². The molecular weight excluding hydrogens is 422 g/mol. The van der Waals surface area contributed by atoms with Crippen LogP contribution >= 0.6 is 0 Å². The average molecular weight is 462 g/mol. The molecule has 1 saturated heterocycles. The maximum absolute atomic E-state index is 13.6. The summed E-state index contributed by atoms with van der Waals surface area (Å²) in [6.45, 7) is 7.91. The molecule has 1 fully saturated rings. The molecule has 2 rings (SSSR count). The van der Waals surface area contributed by atoms with Crippen molar-refractivity contribution in [3.63, 3.8) is 0 Å². The van der Waals surface area contributed by atoms with E-state index in [-0.39, 0.29) is 11.8 Å². The van der Waals surface area contributed by atoms with Gasteiger partial charge >= 0.3 is 0 Å². The normalized spacial score (nSPS) is 17.2. The largest absolute Gasteiger partial charge is 0.497 e. The van der Waals surface area contributed by atoms with Gasteiger partial charge in [-0.1, -0.05) is 18.2 Å². The maximum Gasteiger partial charge on any atom is 0.245 e. The number of amides is 2. The van der Waals surface area contributed by atoms with Gasteiger partial charge in [-0.25, -0.2) is 0 Å². The molecule has 2 N–H and O–H groups in total. The molecule has 0 aromatic heterocycles. The van der Waals surface area contributed by atoms with Crippen molar-refractivity contribution in [3.05, 3.63) is 42.5 Å². The van der Waals surface area contributed by atoms with Crippen molar-refractivity contribution in [2.45, 2.75) is 44.4 Å². The molecule has 0 radical (unpaired) electrons. The number of nitrogens with zero attached hydrogens (tertiary/aromatic N) is 2. The summed E-state index contributed by atoms with van der Waals surface area (Å²) in [7, 11) is 4.77. The fourth-order valence-corrected chi connectivity index (χ4v) is 3.96. The molecule has 1 aromatic rings. The van der Waals surface area contributed by atoms with Gasteiger partial charge in [-0.3, -0.25) is 9.59 Å². The molecule has 33 heavy (non-hydrogen) atoms. The number of carbonyl (C=O) groups is 2. The summed E-state index contributed by atoms with van der Waals surface area (Å²) in [6, 6.07) is 6.03. The molecule has 0 saturated carbocycles. The summed E-state index contributed by atoms with van der Waals surface area (Å²) in [6.07, 6.45) is 3.42. The van der Waals surface area contributed by atoms with Crippen LogP contribution in [0.1, 0.15) is 25.3 Å². The quantitative estimate of drug-likeness (QED) is 0.377. The Morgan fingerprint density at radius 1 is 1.24 bits per heavy atom. The van der Waals surface area contributed by atoms with Crippen molar-refractivity contribution < 1.29 is 23.8 Å². The third kappa shape index (κ3) is 7.55. The van der Waals surface area contributed by atoms with Crippen LogP contribution in [0.4, 0.5) is 0 Å². The van der Waals surface area contributed by atoms with Crippen LogP contribution in [0.2, 0.25) is 0 Å². The van der Waals surface area contributed by atoms with E-state index < -0.39 is 18.2 Å². The van der Waals surface area contributed by atoms with E-state index in [9.17, 15) is 9.59 Å². The third-order valence-corrected chi connectivity index (χ3v) is 6.37. The Bertz CT molecular complexity index is 762. The second-order valence-electron chi connectivity index (χ2n) is 8.58. The Balaban J connectivity index is 2.14. The highest BCUT2D eigenvalue weighted by Gasteiger charge is 2.35. The highest BCUT2D eigenvalue weighted by atomic mass is 16.5. The van der Waals surface area contributed by atoms with Crippen molar-refractivity contribution in [1.29, 1.82) is 0 Å². The molecule has 1 aliphatic rings. The SMILES string of the molecule is C=CCOCC1CCN(C(=O)[C@H](Cc2ccc(OC)cc2)N(C)C(=O)[C@@H](N)[C@@H](C)OC)CC1. The van der Waals surface area contributed by atoms with Crippen LogP contribution in [0.3, 0.4) is 0 Å². The molecule has 0 aliphatic carbocycles. The first-order valence-electron chi connectivity index (χ1n) is 11.5. The van der Waals surface area contributed by atoms with E-state index in [4.69, 9.17) is 19.9 Å². The van der Waals surface area contributed by atoms with Crippen LogP contribution < -0.4 is 10.5 Å². The second-order valence-corrected chi connectivity index (χ2v) is 8.58. The standard InChI is InChI=1S/C25H39N3O5/c1-6-15-33-17-20-11-13-28(14-12-20)24(29)22(16-19-7-9-21(32-5)10-8-19)27(3)25(30)23(26)18(2)31-4/h6-10,18,20,22-23H,1,11-17,26H2,2-5H3/t18-,22+,23+/m1/s1. The van der Waals surface area contributed by atoms with Gasteiger partial charge in [0.15, 0.2) is 0 Å². The van der Waals surface area contributed by atoms with Crippen molar-refractivity contribution in [2.75, 3.05) is 47.6 Å². The lowest BCUT2D eigenvalue weighted by Crippen LogP contribution is -2.57. The van der Waals surface area contributed by atoms with Gasteiger partial charge in [0.2, 0.25) is 11.8 Å². The number of benzene rings is 1. The van der Waals surface area contributed by atoms with Gasteiger partial charge in [0.25, 0.3) is 0 Å². The van der Waals surface area contributed by atoms with Crippen LogP contribution in [0.25, 0.3) is 0 Å². The van der Waals surface area contributed by atoms with E-state index in [0.29, 0.717) is 38.6 Å². The maximum atomic E-state index is 13.6. The minimum absolute atomic E-state index is 0.0654. The van der Waals surface area contributed by atoms with Gasteiger partial charge in [-0.05, 0) is 43.4 Å². The van der Waals surface area contributed by atoms with Crippen molar-refractivity contribution >= 4 is 11.8 Å². The van der Waals surface area contributed by atoms with Gasteiger partial charge in [0, 0.05) is 40.3 Å². The van der Waals surface area contributed by atoms with Gasteiger partial charge in [-0.15, -0.1) is 6.58 Å². The Hall–Kier alpha value is -2.42. The van der Waals surface area contributed by atoms with Crippen LogP contribution in [0, 0.1) is 5.92 Å². The lowest BCUT2D eigenvalue weighted by molar-refractivity contribution is -0.147. The Kier molecular flexibility index (Phi) is 10.8. The van der Waals surface area contributed by atoms with Gasteiger partial charge in [0.1, 0.15) is 17.8 Å². The number of likely N-dealkylation sites (N-methyl/N-ethyl adjacent to an activating group) is 1. The predicted molar refractivity (Wildman–Crippen MR) is 128 cm³/mol. The Labute approximate surface area is 197 Å². The van der Waals surface area contributed by atoms with Crippen LogP contribution in [0.15, 0.2) is 36.9 Å². The number of methoxy groups -OCH3 is 2. The molecule has 2 amide bonds. The second kappa shape index (κ2) is 13.3. The molecule has 0 bridgehead atoms. The van der Waals surface area contributed by atoms with E-state index in [1.165, 1.54) is 12.0 Å². The number of rotatable bonds is 12. The van der Waals surface area contributed by atoms with E-state index in [1.54, 1.807) is 27.2 Å². The molecule has 8 heteroatoms. The fraction of sp³-hybridized carbons (Fsp3) is 0.600. The summed E-state index contributed by atoms with van der Waals surface area (Å²) in [4.78, 5) is 30.0. The van der Waals surface area contributed by atoms with Crippen LogP contribution in [-0.4, -0.2) is 87.4 Å². The van der Waals surface area contributed by atoms with Crippen LogP contribution in [0.5, 0.6) is 5.75 Å². The summed E-state index contributed by atoms with van der Waals surface area (Å²) >= 11 is 0. The number of hydrogen-bond acceptors (Lipinski definition) is 6. The Morgan fingerprint density at radius 3 is 2.42 bits per heavy atom. The number of nitrogens with two attached hydrogens (primary N) is 1. The monoisotopic (exact) mass is 461 g/mol. The first-order chi connectivity index (χ1) is 15.8. The minimum Gasteiger partial charge on any atom is -0.497 e.